The van der Waals surface area contributed by atoms with Crippen molar-refractivity contribution in [1.29, 1.82) is 5.26 Å². The first-order valence-electron chi connectivity index (χ1n) is 12.9. The molecule has 1 fully saturated rings. The van der Waals surface area contributed by atoms with Gasteiger partial charge in [-0.05, 0) is 67.2 Å². The lowest BCUT2D eigenvalue weighted by molar-refractivity contribution is -0.128. The fraction of sp³-hybridized carbons (Fsp3) is 0.345. The van der Waals surface area contributed by atoms with Crippen LogP contribution in [0.1, 0.15) is 29.5 Å². The Morgan fingerprint density at radius 3 is 3.00 bits per heavy atom. The molecule has 9 heteroatoms. The SMILES string of the molecule is C=CC(=O)N1CCN(c2ncnc3cc(-c4c(C)c(C)cc5[nH]ncc45)c4c(c23)OCCC4)C[C@@H]1CC#N. The van der Waals surface area contributed by atoms with E-state index < -0.39 is 0 Å². The normalized spacial score (nSPS) is 17.2. The number of hydrogen-bond donors (Lipinski definition) is 1. The molecule has 0 bridgehead atoms. The number of nitriles is 1. The standard InChI is InChI=1S/C29H29N7O2/c1-4-25(37)36-10-9-35(15-19(36)7-8-30)29-27-24(31-16-32-29)13-21(20-6-5-11-38-28(20)27)26-18(3)17(2)12-23-22(26)14-33-34-23/h4,12-14,16,19H,1,5-7,9-11,15H2,2-3H3,(H,33,34)/t19-/m0/s1. The number of aromatic nitrogens is 4. The van der Waals surface area contributed by atoms with Crippen molar-refractivity contribution in [2.45, 2.75) is 39.2 Å². The highest BCUT2D eigenvalue weighted by atomic mass is 16.5. The van der Waals surface area contributed by atoms with Crippen molar-refractivity contribution in [3.05, 3.63) is 54.0 Å². The fourth-order valence-corrected chi connectivity index (χ4v) is 5.92. The summed E-state index contributed by atoms with van der Waals surface area (Å²) in [6.45, 7) is 10.1. The van der Waals surface area contributed by atoms with Crippen LogP contribution in [0.15, 0.2) is 37.3 Å². The maximum absolute atomic E-state index is 12.4. The average Bonchev–Trinajstić information content (AvgIpc) is 3.40. The maximum atomic E-state index is 12.4. The molecular formula is C29H29N7O2. The van der Waals surface area contributed by atoms with E-state index in [-0.39, 0.29) is 18.4 Å². The van der Waals surface area contributed by atoms with Gasteiger partial charge in [0.25, 0.3) is 0 Å². The first-order chi connectivity index (χ1) is 18.5. The van der Waals surface area contributed by atoms with Crippen LogP contribution in [-0.2, 0) is 11.2 Å². The molecule has 6 rings (SSSR count). The van der Waals surface area contributed by atoms with Crippen LogP contribution in [0.25, 0.3) is 32.9 Å². The van der Waals surface area contributed by atoms with Gasteiger partial charge in [0.15, 0.2) is 0 Å². The summed E-state index contributed by atoms with van der Waals surface area (Å²) in [5.41, 5.74) is 7.66. The molecule has 1 N–H and O–H groups in total. The Balaban J connectivity index is 1.53. The fourth-order valence-electron chi connectivity index (χ4n) is 5.92. The third kappa shape index (κ3) is 3.76. The van der Waals surface area contributed by atoms with Gasteiger partial charge in [0.1, 0.15) is 17.9 Å². The monoisotopic (exact) mass is 507 g/mol. The minimum Gasteiger partial charge on any atom is -0.492 e. The van der Waals surface area contributed by atoms with Gasteiger partial charge in [0.2, 0.25) is 5.91 Å². The van der Waals surface area contributed by atoms with Crippen LogP contribution < -0.4 is 9.64 Å². The zero-order valence-electron chi connectivity index (χ0n) is 21.6. The van der Waals surface area contributed by atoms with Crippen LogP contribution in [0.4, 0.5) is 5.82 Å². The molecule has 0 saturated carbocycles. The summed E-state index contributed by atoms with van der Waals surface area (Å²) in [7, 11) is 0. The molecule has 38 heavy (non-hydrogen) atoms. The van der Waals surface area contributed by atoms with Crippen LogP contribution in [0, 0.1) is 25.2 Å². The third-order valence-corrected chi connectivity index (χ3v) is 7.88. The topological polar surface area (TPSA) is 111 Å². The summed E-state index contributed by atoms with van der Waals surface area (Å²) in [6, 6.07) is 6.29. The lowest BCUT2D eigenvalue weighted by Gasteiger charge is -2.41. The first-order valence-corrected chi connectivity index (χ1v) is 12.9. The van der Waals surface area contributed by atoms with Gasteiger partial charge in [-0.2, -0.15) is 10.4 Å². The van der Waals surface area contributed by atoms with Crippen molar-refractivity contribution in [3.8, 4) is 22.9 Å². The second kappa shape index (κ2) is 9.45. The Labute approximate surface area is 220 Å². The molecule has 9 nitrogen and oxygen atoms in total. The third-order valence-electron chi connectivity index (χ3n) is 7.88. The molecular weight excluding hydrogens is 478 g/mol. The van der Waals surface area contributed by atoms with E-state index in [1.165, 1.54) is 17.2 Å². The van der Waals surface area contributed by atoms with Crippen molar-refractivity contribution in [3.63, 3.8) is 0 Å². The molecule has 2 aliphatic rings. The number of aryl methyl sites for hydroxylation is 1. The predicted octanol–water partition coefficient (Wildman–Crippen LogP) is 4.23. The van der Waals surface area contributed by atoms with Crippen molar-refractivity contribution in [2.24, 2.45) is 0 Å². The molecule has 1 saturated heterocycles. The number of benzene rings is 2. The highest BCUT2D eigenvalue weighted by Crippen LogP contribution is 2.46. The highest BCUT2D eigenvalue weighted by molar-refractivity contribution is 6.04. The van der Waals surface area contributed by atoms with Gasteiger partial charge in [-0.3, -0.25) is 9.89 Å². The van der Waals surface area contributed by atoms with E-state index in [0.717, 1.165) is 62.9 Å². The summed E-state index contributed by atoms with van der Waals surface area (Å²) in [5.74, 6) is 1.46. The number of carbonyl (C=O) groups is 1. The summed E-state index contributed by atoms with van der Waals surface area (Å²) >= 11 is 0. The smallest absolute Gasteiger partial charge is 0.246 e. The van der Waals surface area contributed by atoms with Crippen LogP contribution in [0.2, 0.25) is 0 Å². The molecule has 1 amide bonds. The summed E-state index contributed by atoms with van der Waals surface area (Å²) in [5, 5.41) is 18.8. The Hall–Kier alpha value is -4.45. The zero-order valence-corrected chi connectivity index (χ0v) is 21.6. The largest absolute Gasteiger partial charge is 0.492 e. The lowest BCUT2D eigenvalue weighted by atomic mass is 9.87. The molecule has 4 heterocycles. The number of rotatable bonds is 4. The Bertz CT molecular complexity index is 1630. The number of nitrogens with one attached hydrogen (secondary N) is 1. The Morgan fingerprint density at radius 1 is 1.32 bits per heavy atom. The lowest BCUT2D eigenvalue weighted by Crippen LogP contribution is -2.55. The number of H-pyrrole nitrogens is 1. The molecule has 192 valence electrons. The minimum atomic E-state index is -0.246. The summed E-state index contributed by atoms with van der Waals surface area (Å²) in [6.07, 6.45) is 6.86. The van der Waals surface area contributed by atoms with E-state index >= 15 is 0 Å². The van der Waals surface area contributed by atoms with Gasteiger partial charge in [-0.1, -0.05) is 6.58 Å². The number of anilines is 1. The molecule has 0 unspecified atom stereocenters. The van der Waals surface area contributed by atoms with E-state index in [1.54, 1.807) is 11.2 Å². The molecule has 2 aliphatic heterocycles. The molecule has 2 aromatic heterocycles. The van der Waals surface area contributed by atoms with E-state index in [0.29, 0.717) is 26.2 Å². The predicted molar refractivity (Wildman–Crippen MR) is 146 cm³/mol. The van der Waals surface area contributed by atoms with Crippen LogP contribution in [-0.4, -0.2) is 63.3 Å². The van der Waals surface area contributed by atoms with Crippen LogP contribution in [0.3, 0.4) is 0 Å². The van der Waals surface area contributed by atoms with Crippen molar-refractivity contribution >= 4 is 33.5 Å². The number of ether oxygens (including phenoxy) is 1. The number of fused-ring (bicyclic) bond motifs is 4. The Morgan fingerprint density at radius 2 is 2.18 bits per heavy atom. The summed E-state index contributed by atoms with van der Waals surface area (Å²) < 4.78 is 6.38. The van der Waals surface area contributed by atoms with Crippen molar-refractivity contribution in [1.82, 2.24) is 25.1 Å². The minimum absolute atomic E-state index is 0.151. The highest BCUT2D eigenvalue weighted by Gasteiger charge is 2.32. The number of nitrogens with zero attached hydrogens (tertiary/aromatic N) is 6. The van der Waals surface area contributed by atoms with Gasteiger partial charge >= 0.3 is 0 Å². The molecule has 0 aliphatic carbocycles. The van der Waals surface area contributed by atoms with Crippen molar-refractivity contribution in [2.75, 3.05) is 31.1 Å². The Kier molecular flexibility index (Phi) is 5.95. The molecule has 1 atom stereocenters. The van der Waals surface area contributed by atoms with Crippen molar-refractivity contribution < 1.29 is 9.53 Å². The second-order valence-electron chi connectivity index (χ2n) is 10.00. The maximum Gasteiger partial charge on any atom is 0.246 e. The first kappa shape index (κ1) is 23.9. The average molecular weight is 508 g/mol. The van der Waals surface area contributed by atoms with Gasteiger partial charge in [0.05, 0.1) is 47.8 Å². The summed E-state index contributed by atoms with van der Waals surface area (Å²) in [4.78, 5) is 25.7. The van der Waals surface area contributed by atoms with Gasteiger partial charge in [-0.25, -0.2) is 9.97 Å². The second-order valence-corrected chi connectivity index (χ2v) is 10.00. The zero-order chi connectivity index (χ0) is 26.4. The number of carbonyl (C=O) groups excluding carboxylic acids is 1. The molecule has 4 aromatic rings. The quantitative estimate of drug-likeness (QED) is 0.412. The van der Waals surface area contributed by atoms with E-state index in [9.17, 15) is 10.1 Å². The number of amides is 1. The number of piperazine rings is 1. The van der Waals surface area contributed by atoms with E-state index in [4.69, 9.17) is 14.7 Å². The van der Waals surface area contributed by atoms with E-state index in [2.05, 4.69) is 53.7 Å². The van der Waals surface area contributed by atoms with E-state index in [1.807, 2.05) is 6.20 Å². The molecule has 2 aromatic carbocycles. The number of hydrogen-bond acceptors (Lipinski definition) is 7. The van der Waals surface area contributed by atoms with Gasteiger partial charge in [0, 0.05) is 30.6 Å². The number of aromatic amines is 1. The molecule has 0 radical (unpaired) electrons. The molecule has 0 spiro atoms. The van der Waals surface area contributed by atoms with Crippen LogP contribution in [0.5, 0.6) is 5.75 Å². The van der Waals surface area contributed by atoms with Gasteiger partial charge in [-0.15, -0.1) is 0 Å². The van der Waals surface area contributed by atoms with Crippen LogP contribution >= 0.6 is 0 Å². The van der Waals surface area contributed by atoms with Gasteiger partial charge < -0.3 is 14.5 Å².